The molecular formula is C73H63F3O3S5. The highest BCUT2D eigenvalue weighted by molar-refractivity contribution is 7.98. The molecule has 0 aliphatic carbocycles. The van der Waals surface area contributed by atoms with Crippen molar-refractivity contribution in [2.24, 2.45) is 0 Å². The first kappa shape index (κ1) is 66.5. The molecular weight excluding hydrogens is 1140 g/mol. The summed E-state index contributed by atoms with van der Waals surface area (Å²) in [5.74, 6) is 0. The quantitative estimate of drug-likeness (QED) is 0.0907. The van der Waals surface area contributed by atoms with Crippen molar-refractivity contribution in [3.05, 3.63) is 364 Å². The Bertz CT molecular complexity index is 2860. The van der Waals surface area contributed by atoms with Crippen LogP contribution in [0.15, 0.2) is 423 Å². The molecule has 424 valence electrons. The van der Waals surface area contributed by atoms with Crippen molar-refractivity contribution in [2.45, 2.75) is 58.7 Å². The maximum atomic E-state index is 9.08. The number of hydrogen-bond donors (Lipinski definition) is 0. The summed E-state index contributed by atoms with van der Waals surface area (Å²) in [4.78, 5) is 16.3. The zero-order chi connectivity index (χ0) is 56.2. The zero-order valence-electron chi connectivity index (χ0n) is 46.0. The van der Waals surface area contributed by atoms with Crippen LogP contribution >= 0.6 is 0 Å². The number of hydrogen-bond acceptors (Lipinski definition) is 3. The molecule has 0 bridgehead atoms. The Morgan fingerprint density at radius 1 is 0.190 bits per heavy atom. The van der Waals surface area contributed by atoms with Crippen LogP contribution in [0.2, 0.25) is 0 Å². The fraction of sp³-hybridized carbons (Fsp3) is 0.0137. The molecule has 0 spiro atoms. The van der Waals surface area contributed by atoms with Crippen LogP contribution < -0.4 is 14.1 Å². The third-order valence-corrected chi connectivity index (χ3v) is 20.7. The van der Waals surface area contributed by atoms with Gasteiger partial charge in [0.25, 0.3) is 0 Å². The van der Waals surface area contributed by atoms with Crippen molar-refractivity contribution in [1.29, 1.82) is 0 Å². The predicted molar refractivity (Wildman–Crippen MR) is 342 cm³/mol. The summed E-state index contributed by atoms with van der Waals surface area (Å²) in [6.07, 6.45) is 0.604. The highest BCUT2D eigenvalue weighted by atomic mass is 32.2. The van der Waals surface area contributed by atoms with E-state index in [9.17, 15) is 0 Å². The first-order valence-corrected chi connectivity index (χ1v) is 33.0. The molecule has 0 heterocycles. The highest BCUT2D eigenvalue weighted by Gasteiger charge is 2.31. The summed E-state index contributed by atoms with van der Waals surface area (Å²) in [6, 6.07) is 129. The minimum absolute atomic E-state index is 0. The Morgan fingerprint density at radius 2 is 0.250 bits per heavy atom. The van der Waals surface area contributed by atoms with Crippen molar-refractivity contribution in [2.75, 3.05) is 6.26 Å². The Hall–Kier alpha value is -8.26. The molecule has 0 unspecified atom stereocenters. The Labute approximate surface area is 506 Å². The number of benzene rings is 12. The second-order valence-corrected chi connectivity index (χ2v) is 27.2. The molecule has 0 aromatic heterocycles. The maximum absolute atomic E-state index is 9.08. The van der Waals surface area contributed by atoms with Gasteiger partial charge in [-0.1, -0.05) is 218 Å². The number of halogens is 3. The molecule has 0 atom stereocenters. The Kier molecular flexibility index (Phi) is 28.8. The van der Waals surface area contributed by atoms with E-state index in [0.29, 0.717) is 6.26 Å². The first-order valence-electron chi connectivity index (χ1n) is 26.3. The minimum atomic E-state index is -3.92. The summed E-state index contributed by atoms with van der Waals surface area (Å²) in [5, 5.41) is 0. The summed E-state index contributed by atoms with van der Waals surface area (Å²) in [7, 11) is -3.98. The SMILES string of the molecule is CS(=O)(=O)[O-].[F-].[F-].[F-].c1ccc([S+](c2ccccc2)c2ccccc2)cc1.c1ccc([S+](c2ccccc2)c2ccccc2)cc1.c1ccc([S+](c2ccccc2)c2ccccc2)cc1.c1ccc([S+](c2ccccc2)c2ccccc2)cc1. The van der Waals surface area contributed by atoms with E-state index in [2.05, 4.69) is 364 Å². The lowest BCUT2D eigenvalue weighted by Crippen LogP contribution is -3.00. The molecule has 0 radical (unpaired) electrons. The molecule has 0 saturated carbocycles. The molecule has 0 aliphatic rings. The van der Waals surface area contributed by atoms with Crippen LogP contribution in [0.5, 0.6) is 0 Å². The fourth-order valence-electron chi connectivity index (χ4n) is 8.31. The van der Waals surface area contributed by atoms with Gasteiger partial charge in [0.15, 0.2) is 58.7 Å². The lowest BCUT2D eigenvalue weighted by Gasteiger charge is -2.07. The summed E-state index contributed by atoms with van der Waals surface area (Å²) >= 11 is 0. The molecule has 0 amide bonds. The van der Waals surface area contributed by atoms with Crippen LogP contribution in [0.25, 0.3) is 0 Å². The molecule has 12 aromatic carbocycles. The molecule has 84 heavy (non-hydrogen) atoms. The van der Waals surface area contributed by atoms with Gasteiger partial charge in [-0.3, -0.25) is 0 Å². The second kappa shape index (κ2) is 36.3. The molecule has 0 saturated heterocycles. The molecule has 0 fully saturated rings. The van der Waals surface area contributed by atoms with Crippen molar-refractivity contribution in [3.8, 4) is 0 Å². The van der Waals surface area contributed by atoms with Gasteiger partial charge in [-0.15, -0.1) is 0 Å². The summed E-state index contributed by atoms with van der Waals surface area (Å²) in [6.45, 7) is 0. The van der Waals surface area contributed by atoms with Gasteiger partial charge in [-0.05, 0) is 146 Å². The Morgan fingerprint density at radius 3 is 0.310 bits per heavy atom. The second-order valence-electron chi connectivity index (χ2n) is 17.7. The van der Waals surface area contributed by atoms with Crippen LogP contribution in [-0.2, 0) is 53.7 Å². The van der Waals surface area contributed by atoms with E-state index >= 15 is 0 Å². The normalized spacial score (nSPS) is 10.3. The molecule has 12 aromatic rings. The van der Waals surface area contributed by atoms with Crippen LogP contribution in [0.4, 0.5) is 0 Å². The molecule has 3 nitrogen and oxygen atoms in total. The highest BCUT2D eigenvalue weighted by Crippen LogP contribution is 2.34. The first-order chi connectivity index (χ1) is 39.8. The van der Waals surface area contributed by atoms with E-state index in [4.69, 9.17) is 13.0 Å². The van der Waals surface area contributed by atoms with Crippen LogP contribution in [-0.4, -0.2) is 19.2 Å². The molecule has 0 aliphatic heterocycles. The van der Waals surface area contributed by atoms with Gasteiger partial charge in [-0.2, -0.15) is 0 Å². The molecule has 0 N–H and O–H groups in total. The van der Waals surface area contributed by atoms with Crippen LogP contribution in [0.3, 0.4) is 0 Å². The lowest BCUT2D eigenvalue weighted by atomic mass is 10.4. The molecule has 11 heteroatoms. The largest absolute Gasteiger partial charge is 1.00 e. The average molecular weight is 1210 g/mol. The van der Waals surface area contributed by atoms with E-state index in [1.54, 1.807) is 0 Å². The third kappa shape index (κ3) is 21.2. The van der Waals surface area contributed by atoms with Gasteiger partial charge in [0.05, 0.1) is 53.7 Å². The van der Waals surface area contributed by atoms with E-state index in [-0.39, 0.29) is 57.7 Å². The van der Waals surface area contributed by atoms with Crippen molar-refractivity contribution < 1.29 is 27.1 Å². The zero-order valence-corrected chi connectivity index (χ0v) is 50.1. The molecule has 12 rings (SSSR count). The third-order valence-electron chi connectivity index (χ3n) is 11.7. The van der Waals surface area contributed by atoms with E-state index in [1.165, 1.54) is 58.7 Å². The van der Waals surface area contributed by atoms with Gasteiger partial charge in [0, 0.05) is 6.26 Å². The number of rotatable bonds is 12. The van der Waals surface area contributed by atoms with Crippen molar-refractivity contribution >= 4 is 53.7 Å². The minimum Gasteiger partial charge on any atom is -1.00 e. The van der Waals surface area contributed by atoms with Gasteiger partial charge in [0.2, 0.25) is 0 Å². The lowest BCUT2D eigenvalue weighted by molar-refractivity contribution is -0.00100. The van der Waals surface area contributed by atoms with Gasteiger partial charge in [0.1, 0.15) is 0 Å². The summed E-state index contributed by atoms with van der Waals surface area (Å²) in [5.41, 5.74) is 0. The smallest absolute Gasteiger partial charge is 0.166 e. The summed E-state index contributed by atoms with van der Waals surface area (Å²) < 4.78 is 27.2. The van der Waals surface area contributed by atoms with Gasteiger partial charge < -0.3 is 18.7 Å². The predicted octanol–water partition coefficient (Wildman–Crippen LogP) is 9.30. The van der Waals surface area contributed by atoms with Crippen LogP contribution in [0, 0.1) is 0 Å². The van der Waals surface area contributed by atoms with E-state index in [1.807, 2.05) is 0 Å². The average Bonchev–Trinajstić information content (AvgIpc) is 3.58. The topological polar surface area (TPSA) is 57.2 Å². The Balaban J connectivity index is 0.000000197. The standard InChI is InChI=1S/4C18H15S.CH4O3S.3FH/c4*1-4-10-16(11-5-1)19(17-12-6-2-7-13-17)18-14-8-3-9-15-18;1-5(2,3)4;;;/h4*1-15H;1H3,(H,2,3,4);3*1H/q4*+1;;;;/p-4. The fourth-order valence-corrected chi connectivity index (χ4v) is 16.7. The van der Waals surface area contributed by atoms with Gasteiger partial charge in [-0.25, -0.2) is 8.42 Å². The van der Waals surface area contributed by atoms with Crippen molar-refractivity contribution in [3.63, 3.8) is 0 Å². The van der Waals surface area contributed by atoms with Crippen molar-refractivity contribution in [1.82, 2.24) is 0 Å². The van der Waals surface area contributed by atoms with Gasteiger partial charge >= 0.3 is 0 Å². The maximum Gasteiger partial charge on any atom is 0.166 e. The van der Waals surface area contributed by atoms with E-state index in [0.717, 1.165) is 0 Å². The monoisotopic (exact) mass is 1200 g/mol. The van der Waals surface area contributed by atoms with E-state index < -0.39 is 10.1 Å². The van der Waals surface area contributed by atoms with Crippen LogP contribution in [0.1, 0.15) is 0 Å².